The van der Waals surface area contributed by atoms with Crippen molar-refractivity contribution < 1.29 is 13.2 Å². The third-order valence-corrected chi connectivity index (χ3v) is 3.63. The van der Waals surface area contributed by atoms with E-state index in [0.717, 1.165) is 12.1 Å². The van der Waals surface area contributed by atoms with Crippen LogP contribution >= 0.6 is 11.6 Å². The molecule has 20 heavy (non-hydrogen) atoms. The van der Waals surface area contributed by atoms with E-state index in [1.165, 1.54) is 4.68 Å². The van der Waals surface area contributed by atoms with Crippen LogP contribution in [-0.2, 0) is 13.5 Å². The lowest BCUT2D eigenvalue weighted by Gasteiger charge is -2.13. The van der Waals surface area contributed by atoms with Crippen LogP contribution in [-0.4, -0.2) is 9.78 Å². The molecule has 1 aromatic carbocycles. The predicted molar refractivity (Wildman–Crippen MR) is 69.9 cm³/mol. The van der Waals surface area contributed by atoms with Crippen molar-refractivity contribution in [1.82, 2.24) is 9.78 Å². The molecule has 2 aromatic rings. The van der Waals surface area contributed by atoms with Crippen molar-refractivity contribution in [3.63, 3.8) is 0 Å². The largest absolute Gasteiger partial charge is 0.324 e. The summed E-state index contributed by atoms with van der Waals surface area (Å²) in [7, 11) is 1.67. The summed E-state index contributed by atoms with van der Waals surface area (Å²) in [5, 5.41) is 4.50. The quantitative estimate of drug-likeness (QED) is 0.886. The van der Waals surface area contributed by atoms with E-state index in [0.29, 0.717) is 16.4 Å². The van der Waals surface area contributed by atoms with Gasteiger partial charge in [0.25, 0.3) is 0 Å². The Kier molecular flexibility index (Phi) is 4.06. The fraction of sp³-hybridized carbons (Fsp3) is 0.308. The van der Waals surface area contributed by atoms with E-state index >= 15 is 0 Å². The third kappa shape index (κ3) is 2.53. The summed E-state index contributed by atoms with van der Waals surface area (Å²) in [5.74, 6) is -4.03. The molecule has 0 radical (unpaired) electrons. The Morgan fingerprint density at radius 1 is 1.30 bits per heavy atom. The molecule has 0 bridgehead atoms. The molecule has 0 saturated heterocycles. The Hall–Kier alpha value is -1.53. The van der Waals surface area contributed by atoms with Crippen molar-refractivity contribution in [2.24, 2.45) is 12.8 Å². The van der Waals surface area contributed by atoms with E-state index in [9.17, 15) is 13.2 Å². The maximum absolute atomic E-state index is 13.7. The minimum absolute atomic E-state index is 0.0942. The standard InChI is InChI=1S/C13H13ClF3N3/c1-6-8(13(14)20(2)19-6)5-10(18)7-3-4-9(15)12(17)11(7)16/h3-4,10H,5,18H2,1-2H3. The van der Waals surface area contributed by atoms with Gasteiger partial charge in [0.05, 0.1) is 5.69 Å². The zero-order valence-corrected chi connectivity index (χ0v) is 11.7. The van der Waals surface area contributed by atoms with E-state index < -0.39 is 23.5 Å². The molecule has 0 amide bonds. The Balaban J connectivity index is 2.33. The van der Waals surface area contributed by atoms with Crippen molar-refractivity contribution in [3.8, 4) is 0 Å². The normalized spacial score (nSPS) is 12.8. The highest BCUT2D eigenvalue weighted by atomic mass is 35.5. The molecule has 1 unspecified atom stereocenters. The lowest BCUT2D eigenvalue weighted by molar-refractivity contribution is 0.435. The van der Waals surface area contributed by atoms with Crippen LogP contribution in [0.4, 0.5) is 13.2 Å². The van der Waals surface area contributed by atoms with Gasteiger partial charge in [0.1, 0.15) is 5.15 Å². The highest BCUT2D eigenvalue weighted by Gasteiger charge is 2.21. The van der Waals surface area contributed by atoms with Crippen molar-refractivity contribution in [3.05, 3.63) is 51.6 Å². The molecule has 0 spiro atoms. The molecule has 108 valence electrons. The van der Waals surface area contributed by atoms with Gasteiger partial charge < -0.3 is 5.73 Å². The smallest absolute Gasteiger partial charge is 0.194 e. The topological polar surface area (TPSA) is 43.8 Å². The van der Waals surface area contributed by atoms with Crippen molar-refractivity contribution in [2.45, 2.75) is 19.4 Å². The third-order valence-electron chi connectivity index (χ3n) is 3.16. The van der Waals surface area contributed by atoms with Gasteiger partial charge in [0.15, 0.2) is 17.5 Å². The minimum atomic E-state index is -1.52. The fourth-order valence-electron chi connectivity index (χ4n) is 2.06. The van der Waals surface area contributed by atoms with Gasteiger partial charge in [0, 0.05) is 24.2 Å². The number of nitrogens with zero attached hydrogens (tertiary/aromatic N) is 2. The monoisotopic (exact) mass is 303 g/mol. The fourth-order valence-corrected chi connectivity index (χ4v) is 2.31. The van der Waals surface area contributed by atoms with Gasteiger partial charge in [-0.3, -0.25) is 4.68 Å². The summed E-state index contributed by atoms with van der Waals surface area (Å²) < 4.78 is 41.2. The maximum Gasteiger partial charge on any atom is 0.194 e. The van der Waals surface area contributed by atoms with Crippen molar-refractivity contribution in [2.75, 3.05) is 0 Å². The number of halogens is 4. The molecule has 3 nitrogen and oxygen atoms in total. The van der Waals surface area contributed by atoms with Crippen LogP contribution in [0.1, 0.15) is 22.9 Å². The van der Waals surface area contributed by atoms with E-state index in [1.54, 1.807) is 14.0 Å². The van der Waals surface area contributed by atoms with Crippen LogP contribution in [0.25, 0.3) is 0 Å². The van der Waals surface area contributed by atoms with Gasteiger partial charge in [-0.15, -0.1) is 0 Å². The van der Waals surface area contributed by atoms with Gasteiger partial charge in [-0.25, -0.2) is 13.2 Å². The SMILES string of the molecule is Cc1nn(C)c(Cl)c1CC(N)c1ccc(F)c(F)c1F. The van der Waals surface area contributed by atoms with Gasteiger partial charge in [-0.05, 0) is 19.4 Å². The minimum Gasteiger partial charge on any atom is -0.324 e. The number of hydrogen-bond acceptors (Lipinski definition) is 2. The molecule has 2 N–H and O–H groups in total. The van der Waals surface area contributed by atoms with E-state index in [2.05, 4.69) is 5.10 Å². The van der Waals surface area contributed by atoms with Crippen molar-refractivity contribution >= 4 is 11.6 Å². The zero-order valence-electron chi connectivity index (χ0n) is 10.9. The molecule has 1 atom stereocenters. The molecule has 7 heteroatoms. The summed E-state index contributed by atoms with van der Waals surface area (Å²) in [5.41, 5.74) is 7.10. The first-order valence-electron chi connectivity index (χ1n) is 5.89. The van der Waals surface area contributed by atoms with E-state index in [-0.39, 0.29) is 12.0 Å². The molecule has 0 aliphatic carbocycles. The summed E-state index contributed by atoms with van der Waals surface area (Å²) in [6, 6.07) is 1.15. The van der Waals surface area contributed by atoms with E-state index in [4.69, 9.17) is 17.3 Å². The Morgan fingerprint density at radius 3 is 2.50 bits per heavy atom. The second-order valence-electron chi connectivity index (χ2n) is 4.55. The number of aromatic nitrogens is 2. The molecule has 0 fully saturated rings. The summed E-state index contributed by atoms with van der Waals surface area (Å²) in [4.78, 5) is 0. The first-order valence-corrected chi connectivity index (χ1v) is 6.27. The van der Waals surface area contributed by atoms with Crippen LogP contribution in [0, 0.1) is 24.4 Å². The highest BCUT2D eigenvalue weighted by Crippen LogP contribution is 2.27. The average molecular weight is 304 g/mol. The summed E-state index contributed by atoms with van der Waals surface area (Å²) >= 11 is 6.06. The Bertz CT molecular complexity index is 655. The number of aryl methyl sites for hydroxylation is 2. The highest BCUT2D eigenvalue weighted by molar-refractivity contribution is 6.30. The Labute approximate surface area is 119 Å². The number of rotatable bonds is 3. The molecular formula is C13H13ClF3N3. The lowest BCUT2D eigenvalue weighted by atomic mass is 9.99. The maximum atomic E-state index is 13.7. The molecule has 0 aliphatic rings. The Morgan fingerprint density at radius 2 is 1.95 bits per heavy atom. The average Bonchev–Trinajstić information content (AvgIpc) is 2.62. The zero-order chi connectivity index (χ0) is 15.0. The second kappa shape index (κ2) is 5.46. The van der Waals surface area contributed by atoms with Gasteiger partial charge in [-0.1, -0.05) is 17.7 Å². The van der Waals surface area contributed by atoms with Crippen LogP contribution < -0.4 is 5.73 Å². The molecular weight excluding hydrogens is 291 g/mol. The first-order chi connectivity index (χ1) is 9.32. The molecule has 2 rings (SSSR count). The van der Waals surface area contributed by atoms with Gasteiger partial charge in [0.2, 0.25) is 0 Å². The second-order valence-corrected chi connectivity index (χ2v) is 4.91. The van der Waals surface area contributed by atoms with Crippen LogP contribution in [0.15, 0.2) is 12.1 Å². The molecule has 0 saturated carbocycles. The molecule has 1 heterocycles. The first kappa shape index (κ1) is 14.9. The summed E-state index contributed by atoms with van der Waals surface area (Å²) in [6.07, 6.45) is 0.181. The molecule has 0 aliphatic heterocycles. The van der Waals surface area contributed by atoms with Crippen LogP contribution in [0.3, 0.4) is 0 Å². The van der Waals surface area contributed by atoms with Gasteiger partial charge in [-0.2, -0.15) is 5.10 Å². The van der Waals surface area contributed by atoms with Crippen LogP contribution in [0.2, 0.25) is 5.15 Å². The molecule has 1 aromatic heterocycles. The number of nitrogens with two attached hydrogens (primary N) is 1. The predicted octanol–water partition coefficient (Wildman–Crippen LogP) is 3.04. The van der Waals surface area contributed by atoms with Crippen molar-refractivity contribution in [1.29, 1.82) is 0 Å². The van der Waals surface area contributed by atoms with E-state index in [1.807, 2.05) is 0 Å². The summed E-state index contributed by atoms with van der Waals surface area (Å²) in [6.45, 7) is 1.75. The van der Waals surface area contributed by atoms with Crippen LogP contribution in [0.5, 0.6) is 0 Å². The lowest BCUT2D eigenvalue weighted by Crippen LogP contribution is -2.16. The number of hydrogen-bond donors (Lipinski definition) is 1. The number of benzene rings is 1. The van der Waals surface area contributed by atoms with Gasteiger partial charge >= 0.3 is 0 Å².